The van der Waals surface area contributed by atoms with Gasteiger partial charge in [-0.15, -0.1) is 0 Å². The van der Waals surface area contributed by atoms with Crippen LogP contribution in [0.25, 0.3) is 0 Å². The Morgan fingerprint density at radius 3 is 2.16 bits per heavy atom. The number of hydrogen-bond acceptors (Lipinski definition) is 5. The SMILES string of the molecule is CCc1cccc(CNCC(O)C(Cc2cc(F)cc(F)c2)NC(=O)c2ccc(S(=O)(=O)N(C)CCc3ccccc3)cc2)c1. The fourth-order valence-corrected chi connectivity index (χ4v) is 6.17. The maximum Gasteiger partial charge on any atom is 0.251 e. The van der Waals surface area contributed by atoms with Crippen molar-refractivity contribution in [1.29, 1.82) is 0 Å². The molecule has 7 nitrogen and oxygen atoms in total. The molecule has 3 N–H and O–H groups in total. The first-order valence-corrected chi connectivity index (χ1v) is 16.3. The second-order valence-electron chi connectivity index (χ2n) is 11.0. The predicted octanol–water partition coefficient (Wildman–Crippen LogP) is 4.88. The zero-order chi connectivity index (χ0) is 32.4. The molecule has 0 saturated carbocycles. The first kappa shape index (κ1) is 33.9. The number of carbonyl (C=O) groups excluding carboxylic acids is 1. The third kappa shape index (κ3) is 9.76. The molecule has 2 atom stereocenters. The topological polar surface area (TPSA) is 98.7 Å². The monoisotopic (exact) mass is 635 g/mol. The third-order valence-corrected chi connectivity index (χ3v) is 9.50. The van der Waals surface area contributed by atoms with Crippen LogP contribution in [-0.4, -0.2) is 56.0 Å². The highest BCUT2D eigenvalue weighted by molar-refractivity contribution is 7.89. The minimum absolute atomic E-state index is 0.0345. The van der Waals surface area contributed by atoms with Gasteiger partial charge in [0.15, 0.2) is 0 Å². The Hall–Kier alpha value is -3.96. The highest BCUT2D eigenvalue weighted by Crippen LogP contribution is 2.17. The maximum absolute atomic E-state index is 13.9. The number of aliphatic hydroxyl groups excluding tert-OH is 1. The van der Waals surface area contributed by atoms with Gasteiger partial charge in [-0.3, -0.25) is 4.79 Å². The molecule has 0 fully saturated rings. The number of halogens is 2. The van der Waals surface area contributed by atoms with Gasteiger partial charge in [0, 0.05) is 38.3 Å². The third-order valence-electron chi connectivity index (χ3n) is 7.62. The summed E-state index contributed by atoms with van der Waals surface area (Å²) in [5, 5.41) is 17.0. The zero-order valence-electron chi connectivity index (χ0n) is 25.4. The van der Waals surface area contributed by atoms with Crippen molar-refractivity contribution in [3.8, 4) is 0 Å². The van der Waals surface area contributed by atoms with Gasteiger partial charge >= 0.3 is 0 Å². The van der Waals surface area contributed by atoms with E-state index in [9.17, 15) is 27.1 Å². The highest BCUT2D eigenvalue weighted by Gasteiger charge is 2.25. The van der Waals surface area contributed by atoms with Crippen LogP contribution in [-0.2, 0) is 35.8 Å². The summed E-state index contributed by atoms with van der Waals surface area (Å²) >= 11 is 0. The van der Waals surface area contributed by atoms with Gasteiger partial charge in [-0.2, -0.15) is 0 Å². The van der Waals surface area contributed by atoms with Gasteiger partial charge in [-0.1, -0.05) is 61.5 Å². The fraction of sp³-hybridized carbons (Fsp3) is 0.286. The molecule has 0 bridgehead atoms. The Morgan fingerprint density at radius 2 is 1.49 bits per heavy atom. The summed E-state index contributed by atoms with van der Waals surface area (Å²) in [5.74, 6) is -2.08. The van der Waals surface area contributed by atoms with E-state index in [-0.39, 0.29) is 35.5 Å². The van der Waals surface area contributed by atoms with Crippen molar-refractivity contribution in [2.24, 2.45) is 0 Å². The molecule has 0 aliphatic rings. The summed E-state index contributed by atoms with van der Waals surface area (Å²) in [7, 11) is -2.28. The summed E-state index contributed by atoms with van der Waals surface area (Å²) in [5.41, 5.74) is 3.69. The van der Waals surface area contributed by atoms with E-state index in [1.165, 1.54) is 41.2 Å². The van der Waals surface area contributed by atoms with Crippen LogP contribution in [0.2, 0.25) is 0 Å². The van der Waals surface area contributed by atoms with Crippen LogP contribution in [0.15, 0.2) is 102 Å². The van der Waals surface area contributed by atoms with Crippen molar-refractivity contribution in [2.45, 2.75) is 49.8 Å². The smallest absolute Gasteiger partial charge is 0.251 e. The van der Waals surface area contributed by atoms with E-state index in [4.69, 9.17) is 0 Å². The van der Waals surface area contributed by atoms with Crippen molar-refractivity contribution in [1.82, 2.24) is 14.9 Å². The lowest BCUT2D eigenvalue weighted by molar-refractivity contribution is 0.0829. The number of hydrogen-bond donors (Lipinski definition) is 3. The number of likely N-dealkylation sites (N-methyl/N-ethyl adjacent to an activating group) is 1. The summed E-state index contributed by atoms with van der Waals surface area (Å²) in [4.78, 5) is 13.3. The van der Waals surface area contributed by atoms with Crippen molar-refractivity contribution < 1.29 is 27.1 Å². The summed E-state index contributed by atoms with van der Waals surface area (Å²) in [6, 6.07) is 25.3. The Balaban J connectivity index is 1.43. The quantitative estimate of drug-likeness (QED) is 0.173. The fourth-order valence-electron chi connectivity index (χ4n) is 4.99. The van der Waals surface area contributed by atoms with Gasteiger partial charge in [0.05, 0.1) is 17.0 Å². The van der Waals surface area contributed by atoms with Gasteiger partial charge in [-0.05, 0) is 77.9 Å². The standard InChI is InChI=1S/C35H39F2N3O4S/c1-3-25-10-7-11-27(18-25)23-38-24-34(41)33(21-28-19-30(36)22-31(37)20-28)39-35(42)29-12-14-32(15-13-29)45(43,44)40(2)17-16-26-8-5-4-6-9-26/h4-15,18-20,22,33-34,38,41H,3,16-17,21,23-24H2,1-2H3,(H,39,42). The van der Waals surface area contributed by atoms with E-state index in [2.05, 4.69) is 23.6 Å². The number of nitrogens with one attached hydrogen (secondary N) is 2. The average Bonchev–Trinajstić information content (AvgIpc) is 3.03. The summed E-state index contributed by atoms with van der Waals surface area (Å²) in [6.45, 7) is 2.94. The molecule has 4 rings (SSSR count). The van der Waals surface area contributed by atoms with Crippen LogP contribution in [0.1, 0.15) is 39.5 Å². The van der Waals surface area contributed by atoms with E-state index < -0.39 is 39.7 Å². The molecule has 0 heterocycles. The Bertz CT molecular complexity index is 1650. The maximum atomic E-state index is 13.9. The van der Waals surface area contributed by atoms with Crippen LogP contribution >= 0.6 is 0 Å². The van der Waals surface area contributed by atoms with Gasteiger partial charge in [0.2, 0.25) is 10.0 Å². The number of benzene rings is 4. The van der Waals surface area contributed by atoms with Crippen LogP contribution in [0.4, 0.5) is 8.78 Å². The van der Waals surface area contributed by atoms with Gasteiger partial charge in [-0.25, -0.2) is 21.5 Å². The van der Waals surface area contributed by atoms with Crippen molar-refractivity contribution in [3.05, 3.63) is 137 Å². The minimum atomic E-state index is -3.79. The second-order valence-corrected chi connectivity index (χ2v) is 13.1. The summed E-state index contributed by atoms with van der Waals surface area (Å²) in [6.07, 6.45) is 0.308. The van der Waals surface area contributed by atoms with E-state index in [0.29, 0.717) is 13.0 Å². The highest BCUT2D eigenvalue weighted by atomic mass is 32.2. The zero-order valence-corrected chi connectivity index (χ0v) is 26.2. The molecule has 4 aromatic carbocycles. The molecule has 0 aliphatic carbocycles. The predicted molar refractivity (Wildman–Crippen MR) is 171 cm³/mol. The molecule has 0 aliphatic heterocycles. The number of carbonyl (C=O) groups is 1. The number of sulfonamides is 1. The first-order valence-electron chi connectivity index (χ1n) is 14.9. The molecule has 45 heavy (non-hydrogen) atoms. The molecule has 10 heteroatoms. The molecule has 0 aromatic heterocycles. The van der Waals surface area contributed by atoms with E-state index in [1.54, 1.807) is 0 Å². The lowest BCUT2D eigenvalue weighted by atomic mass is 10.00. The van der Waals surface area contributed by atoms with E-state index in [0.717, 1.165) is 35.7 Å². The molecule has 2 unspecified atom stereocenters. The first-order chi connectivity index (χ1) is 21.5. The van der Waals surface area contributed by atoms with Crippen LogP contribution in [0.3, 0.4) is 0 Å². The van der Waals surface area contributed by atoms with Gasteiger partial charge in [0.25, 0.3) is 5.91 Å². The second kappa shape index (κ2) is 15.9. The summed E-state index contributed by atoms with van der Waals surface area (Å²) < 4.78 is 55.4. The largest absolute Gasteiger partial charge is 0.390 e. The van der Waals surface area contributed by atoms with Gasteiger partial charge in [0.1, 0.15) is 11.6 Å². The normalized spacial score (nSPS) is 13.0. The van der Waals surface area contributed by atoms with Crippen LogP contribution in [0.5, 0.6) is 0 Å². The van der Waals surface area contributed by atoms with E-state index in [1.807, 2.05) is 48.5 Å². The number of amides is 1. The van der Waals surface area contributed by atoms with Crippen molar-refractivity contribution >= 4 is 15.9 Å². The lowest BCUT2D eigenvalue weighted by Gasteiger charge is -2.25. The lowest BCUT2D eigenvalue weighted by Crippen LogP contribution is -2.48. The molecule has 0 radical (unpaired) electrons. The molecular formula is C35H39F2N3O4S. The van der Waals surface area contributed by atoms with Crippen molar-refractivity contribution in [3.63, 3.8) is 0 Å². The average molecular weight is 636 g/mol. The number of aryl methyl sites for hydroxylation is 1. The molecule has 4 aromatic rings. The Labute approximate surface area is 264 Å². The molecule has 1 amide bonds. The van der Waals surface area contributed by atoms with Crippen LogP contribution in [0, 0.1) is 11.6 Å². The molecular weight excluding hydrogens is 596 g/mol. The van der Waals surface area contributed by atoms with Crippen LogP contribution < -0.4 is 10.6 Å². The molecule has 238 valence electrons. The van der Waals surface area contributed by atoms with Crippen molar-refractivity contribution in [2.75, 3.05) is 20.1 Å². The van der Waals surface area contributed by atoms with Gasteiger partial charge < -0.3 is 15.7 Å². The number of rotatable bonds is 15. The Morgan fingerprint density at radius 1 is 0.844 bits per heavy atom. The van der Waals surface area contributed by atoms with E-state index >= 15 is 0 Å². The number of nitrogens with zero attached hydrogens (tertiary/aromatic N) is 1. The molecule has 0 spiro atoms. The number of aliphatic hydroxyl groups is 1. The molecule has 0 saturated heterocycles. The Kier molecular flexibility index (Phi) is 12.0. The minimum Gasteiger partial charge on any atom is -0.390 e.